The zero-order chi connectivity index (χ0) is 15.2. The number of nitrogens with one attached hydrogen (secondary N) is 2. The molecule has 112 valence electrons. The zero-order valence-corrected chi connectivity index (χ0v) is 12.3. The van der Waals surface area contributed by atoms with E-state index in [1.807, 2.05) is 31.2 Å². The van der Waals surface area contributed by atoms with Gasteiger partial charge in [-0.1, -0.05) is 18.1 Å². The largest absolute Gasteiger partial charge is 0.497 e. The second-order valence-corrected chi connectivity index (χ2v) is 4.65. The molecule has 0 saturated carbocycles. The van der Waals surface area contributed by atoms with Crippen LogP contribution in [0, 0.1) is 6.92 Å². The van der Waals surface area contributed by atoms with E-state index in [4.69, 9.17) is 9.26 Å². The molecule has 21 heavy (non-hydrogen) atoms. The van der Waals surface area contributed by atoms with Crippen molar-refractivity contribution in [1.29, 1.82) is 0 Å². The first-order valence-corrected chi connectivity index (χ1v) is 6.77. The van der Waals surface area contributed by atoms with Gasteiger partial charge in [0.05, 0.1) is 7.11 Å². The highest BCUT2D eigenvalue weighted by molar-refractivity contribution is 5.95. The lowest BCUT2D eigenvalue weighted by Gasteiger charge is -2.17. The summed E-state index contributed by atoms with van der Waals surface area (Å²) in [6.07, 6.45) is 0.639. The molecule has 6 heteroatoms. The molecule has 0 fully saturated rings. The smallest absolute Gasteiger partial charge is 0.248 e. The molecule has 1 heterocycles. The summed E-state index contributed by atoms with van der Waals surface area (Å²) in [5, 5.41) is 9.66. The Balaban J connectivity index is 2.02. The predicted octanol–water partition coefficient (Wildman–Crippen LogP) is 2.82. The van der Waals surface area contributed by atoms with Crippen molar-refractivity contribution < 1.29 is 14.1 Å². The van der Waals surface area contributed by atoms with Gasteiger partial charge in [-0.15, -0.1) is 0 Å². The molecule has 0 aliphatic heterocycles. The van der Waals surface area contributed by atoms with E-state index in [0.29, 0.717) is 18.0 Å². The third-order valence-corrected chi connectivity index (χ3v) is 3.01. The zero-order valence-electron chi connectivity index (χ0n) is 12.3. The van der Waals surface area contributed by atoms with Crippen molar-refractivity contribution in [2.45, 2.75) is 26.3 Å². The minimum Gasteiger partial charge on any atom is -0.497 e. The fourth-order valence-corrected chi connectivity index (χ4v) is 1.91. The van der Waals surface area contributed by atoms with Gasteiger partial charge in [-0.25, -0.2) is 0 Å². The highest BCUT2D eigenvalue weighted by atomic mass is 16.5. The lowest BCUT2D eigenvalue weighted by molar-refractivity contribution is -0.117. The van der Waals surface area contributed by atoms with E-state index >= 15 is 0 Å². The maximum absolute atomic E-state index is 12.2. The summed E-state index contributed by atoms with van der Waals surface area (Å²) >= 11 is 0. The number of aromatic nitrogens is 1. The summed E-state index contributed by atoms with van der Waals surface area (Å²) in [7, 11) is 1.61. The predicted molar refractivity (Wildman–Crippen MR) is 80.6 cm³/mol. The van der Waals surface area contributed by atoms with Gasteiger partial charge in [0.2, 0.25) is 5.91 Å². The lowest BCUT2D eigenvalue weighted by atomic mass is 10.2. The van der Waals surface area contributed by atoms with Gasteiger partial charge in [0.1, 0.15) is 17.6 Å². The number of amides is 1. The molecule has 1 aromatic heterocycles. The summed E-state index contributed by atoms with van der Waals surface area (Å²) in [6.45, 7) is 3.71. The summed E-state index contributed by atoms with van der Waals surface area (Å²) in [5.41, 5.74) is 0.827. The second-order valence-electron chi connectivity index (χ2n) is 4.65. The number of benzene rings is 1. The third kappa shape index (κ3) is 3.98. The van der Waals surface area contributed by atoms with Gasteiger partial charge >= 0.3 is 0 Å². The Hall–Kier alpha value is -2.50. The van der Waals surface area contributed by atoms with Gasteiger partial charge in [0.15, 0.2) is 5.82 Å². The van der Waals surface area contributed by atoms with Gasteiger partial charge in [-0.3, -0.25) is 4.79 Å². The minimum atomic E-state index is -0.367. The van der Waals surface area contributed by atoms with Gasteiger partial charge in [0.25, 0.3) is 0 Å². The lowest BCUT2D eigenvalue weighted by Crippen LogP contribution is -2.34. The fraction of sp³-hybridized carbons (Fsp3) is 0.333. The van der Waals surface area contributed by atoms with Crippen LogP contribution in [0.15, 0.2) is 34.9 Å². The molecule has 2 rings (SSSR count). The molecule has 0 saturated heterocycles. The van der Waals surface area contributed by atoms with Gasteiger partial charge in [-0.2, -0.15) is 0 Å². The van der Waals surface area contributed by atoms with E-state index in [9.17, 15) is 4.79 Å². The van der Waals surface area contributed by atoms with E-state index in [-0.39, 0.29) is 11.9 Å². The van der Waals surface area contributed by atoms with Crippen LogP contribution in [0.5, 0.6) is 5.75 Å². The topological polar surface area (TPSA) is 76.4 Å². The Bertz CT molecular complexity index is 610. The number of carbonyl (C=O) groups excluding carboxylic acids is 1. The number of anilines is 2. The Kier molecular flexibility index (Phi) is 4.81. The molecule has 2 N–H and O–H groups in total. The van der Waals surface area contributed by atoms with Crippen molar-refractivity contribution in [3.8, 4) is 5.75 Å². The van der Waals surface area contributed by atoms with Crippen LogP contribution in [-0.4, -0.2) is 24.2 Å². The number of hydrogen-bond acceptors (Lipinski definition) is 5. The molecule has 1 amide bonds. The number of methoxy groups -OCH3 is 1. The monoisotopic (exact) mass is 289 g/mol. The fourth-order valence-electron chi connectivity index (χ4n) is 1.91. The molecule has 2 aromatic rings. The standard InChI is InChI=1S/C15H19N3O3/c1-4-13(15(19)17-14-8-10(2)21-18-14)16-11-6-5-7-12(9-11)20-3/h5-9,13,16H,4H2,1-3H3,(H,17,18,19)/t13-/m1/s1. The molecule has 0 aliphatic rings. The number of hydrogen-bond donors (Lipinski definition) is 2. The van der Waals surface area contributed by atoms with Crippen LogP contribution in [0.3, 0.4) is 0 Å². The van der Waals surface area contributed by atoms with Crippen LogP contribution >= 0.6 is 0 Å². The first-order chi connectivity index (χ1) is 10.1. The molecule has 1 atom stereocenters. The molecular formula is C15H19N3O3. The summed E-state index contributed by atoms with van der Waals surface area (Å²) in [6, 6.07) is 8.76. The van der Waals surface area contributed by atoms with E-state index in [1.165, 1.54) is 0 Å². The van der Waals surface area contributed by atoms with E-state index in [2.05, 4.69) is 15.8 Å². The van der Waals surface area contributed by atoms with Gasteiger partial charge < -0.3 is 19.9 Å². The Labute approximate surface area is 123 Å². The van der Waals surface area contributed by atoms with E-state index in [0.717, 1.165) is 11.4 Å². The van der Waals surface area contributed by atoms with Crippen molar-refractivity contribution in [3.05, 3.63) is 36.1 Å². The maximum atomic E-state index is 12.2. The van der Waals surface area contributed by atoms with Gasteiger partial charge in [0, 0.05) is 17.8 Å². The molecule has 0 unspecified atom stereocenters. The molecule has 0 aliphatic carbocycles. The normalized spacial score (nSPS) is 11.8. The number of ether oxygens (including phenoxy) is 1. The Morgan fingerprint density at radius 2 is 2.24 bits per heavy atom. The van der Waals surface area contributed by atoms with Crippen LogP contribution in [0.2, 0.25) is 0 Å². The van der Waals surface area contributed by atoms with Crippen LogP contribution in [0.4, 0.5) is 11.5 Å². The first-order valence-electron chi connectivity index (χ1n) is 6.77. The number of nitrogens with zero attached hydrogens (tertiary/aromatic N) is 1. The number of aryl methyl sites for hydroxylation is 1. The molecule has 6 nitrogen and oxygen atoms in total. The number of rotatable bonds is 6. The molecule has 0 spiro atoms. The quantitative estimate of drug-likeness (QED) is 0.855. The van der Waals surface area contributed by atoms with Crippen molar-refractivity contribution >= 4 is 17.4 Å². The van der Waals surface area contributed by atoms with Crippen LogP contribution in [-0.2, 0) is 4.79 Å². The van der Waals surface area contributed by atoms with Crippen LogP contribution in [0.25, 0.3) is 0 Å². The molecule has 1 aromatic carbocycles. The van der Waals surface area contributed by atoms with Crippen LogP contribution < -0.4 is 15.4 Å². The van der Waals surface area contributed by atoms with Crippen molar-refractivity contribution in [3.63, 3.8) is 0 Å². The van der Waals surface area contributed by atoms with Crippen LogP contribution in [0.1, 0.15) is 19.1 Å². The average molecular weight is 289 g/mol. The van der Waals surface area contributed by atoms with Crippen molar-refractivity contribution in [1.82, 2.24) is 5.16 Å². The molecule has 0 bridgehead atoms. The maximum Gasteiger partial charge on any atom is 0.248 e. The molecule has 0 radical (unpaired) electrons. The SMILES string of the molecule is CC[C@@H](Nc1cccc(OC)c1)C(=O)Nc1cc(C)on1. The second kappa shape index (κ2) is 6.78. The van der Waals surface area contributed by atoms with E-state index in [1.54, 1.807) is 20.1 Å². The average Bonchev–Trinajstić information content (AvgIpc) is 2.90. The van der Waals surface area contributed by atoms with E-state index < -0.39 is 0 Å². The highest BCUT2D eigenvalue weighted by Crippen LogP contribution is 2.18. The first kappa shape index (κ1) is 14.9. The summed E-state index contributed by atoms with van der Waals surface area (Å²) in [4.78, 5) is 12.2. The Morgan fingerprint density at radius 1 is 1.43 bits per heavy atom. The number of carbonyl (C=O) groups is 1. The van der Waals surface area contributed by atoms with Crippen molar-refractivity contribution in [2.24, 2.45) is 0 Å². The highest BCUT2D eigenvalue weighted by Gasteiger charge is 2.17. The third-order valence-electron chi connectivity index (χ3n) is 3.01. The Morgan fingerprint density at radius 3 is 2.86 bits per heavy atom. The minimum absolute atomic E-state index is 0.159. The molecular weight excluding hydrogens is 270 g/mol. The summed E-state index contributed by atoms with van der Waals surface area (Å²) in [5.74, 6) is 1.65. The van der Waals surface area contributed by atoms with Gasteiger partial charge in [-0.05, 0) is 25.5 Å². The summed E-state index contributed by atoms with van der Waals surface area (Å²) < 4.78 is 10.1. The van der Waals surface area contributed by atoms with Crippen molar-refractivity contribution in [2.75, 3.05) is 17.7 Å².